The van der Waals surface area contributed by atoms with Gasteiger partial charge in [-0.15, -0.1) is 0 Å². The van der Waals surface area contributed by atoms with Gasteiger partial charge in [-0.2, -0.15) is 0 Å². The van der Waals surface area contributed by atoms with E-state index in [-0.39, 0.29) is 23.5 Å². The van der Waals surface area contributed by atoms with Gasteiger partial charge in [0, 0.05) is 43.4 Å². The van der Waals surface area contributed by atoms with Gasteiger partial charge in [0.2, 0.25) is 0 Å². The van der Waals surface area contributed by atoms with Crippen molar-refractivity contribution in [3.05, 3.63) is 29.8 Å². The number of hydrogen-bond donors (Lipinski definition) is 2. The van der Waals surface area contributed by atoms with Crippen molar-refractivity contribution in [1.82, 2.24) is 15.5 Å². The second-order valence-corrected chi connectivity index (χ2v) is 8.63. The Morgan fingerprint density at radius 2 is 1.63 bits per heavy atom. The van der Waals surface area contributed by atoms with Gasteiger partial charge in [0.1, 0.15) is 0 Å². The van der Waals surface area contributed by atoms with Crippen LogP contribution in [0.2, 0.25) is 0 Å². The van der Waals surface area contributed by atoms with Crippen LogP contribution >= 0.6 is 0 Å². The predicted octanol–water partition coefficient (Wildman–Crippen LogP) is 2.99. The highest BCUT2D eigenvalue weighted by Gasteiger charge is 2.27. The third-order valence-electron chi connectivity index (χ3n) is 5.19. The second kappa shape index (κ2) is 8.19. The van der Waals surface area contributed by atoms with Gasteiger partial charge in [0.15, 0.2) is 0 Å². The first-order valence-electron chi connectivity index (χ1n) is 10.1. The Kier molecular flexibility index (Phi) is 5.92. The SMILES string of the molecule is CC(C)(C)NC(=O)NC1CCN(c2ccccc2C(=O)N2CCCC2)CC1. The van der Waals surface area contributed by atoms with Crippen LogP contribution in [0.25, 0.3) is 0 Å². The summed E-state index contributed by atoms with van der Waals surface area (Å²) in [5, 5.41) is 6.03. The molecule has 2 heterocycles. The monoisotopic (exact) mass is 372 g/mol. The molecule has 0 aromatic heterocycles. The van der Waals surface area contributed by atoms with Crippen LogP contribution in [0.1, 0.15) is 56.8 Å². The van der Waals surface area contributed by atoms with Crippen molar-refractivity contribution in [2.24, 2.45) is 0 Å². The number of likely N-dealkylation sites (tertiary alicyclic amines) is 1. The lowest BCUT2D eigenvalue weighted by molar-refractivity contribution is 0.0793. The maximum Gasteiger partial charge on any atom is 0.315 e. The first-order valence-corrected chi connectivity index (χ1v) is 10.1. The summed E-state index contributed by atoms with van der Waals surface area (Å²) in [6.45, 7) is 9.33. The van der Waals surface area contributed by atoms with Gasteiger partial charge in [-0.05, 0) is 58.6 Å². The van der Waals surface area contributed by atoms with Crippen LogP contribution in [0, 0.1) is 0 Å². The number of benzene rings is 1. The normalized spacial score (nSPS) is 18.5. The molecule has 2 fully saturated rings. The Labute approximate surface area is 162 Å². The molecule has 0 saturated carbocycles. The molecule has 2 aliphatic rings. The Hall–Kier alpha value is -2.24. The van der Waals surface area contributed by atoms with Crippen molar-refractivity contribution in [2.45, 2.75) is 58.0 Å². The highest BCUT2D eigenvalue weighted by molar-refractivity contribution is 6.00. The molecule has 0 bridgehead atoms. The van der Waals surface area contributed by atoms with Crippen LogP contribution in [0.3, 0.4) is 0 Å². The van der Waals surface area contributed by atoms with E-state index in [1.54, 1.807) is 0 Å². The number of amides is 3. The largest absolute Gasteiger partial charge is 0.371 e. The predicted molar refractivity (Wildman–Crippen MR) is 108 cm³/mol. The average molecular weight is 373 g/mol. The summed E-state index contributed by atoms with van der Waals surface area (Å²) < 4.78 is 0. The topological polar surface area (TPSA) is 64.7 Å². The van der Waals surface area contributed by atoms with Crippen molar-refractivity contribution in [2.75, 3.05) is 31.1 Å². The van der Waals surface area contributed by atoms with Crippen molar-refractivity contribution in [1.29, 1.82) is 0 Å². The van der Waals surface area contributed by atoms with E-state index in [9.17, 15) is 9.59 Å². The molecule has 0 radical (unpaired) electrons. The molecule has 6 heteroatoms. The molecule has 2 saturated heterocycles. The molecular weight excluding hydrogens is 340 g/mol. The molecule has 6 nitrogen and oxygen atoms in total. The molecule has 3 amide bonds. The van der Waals surface area contributed by atoms with Crippen LogP contribution in [0.15, 0.2) is 24.3 Å². The maximum absolute atomic E-state index is 12.9. The smallest absolute Gasteiger partial charge is 0.315 e. The summed E-state index contributed by atoms with van der Waals surface area (Å²) in [5.41, 5.74) is 1.59. The number of hydrogen-bond acceptors (Lipinski definition) is 3. The molecule has 0 unspecified atom stereocenters. The summed E-state index contributed by atoms with van der Waals surface area (Å²) in [4.78, 5) is 29.2. The molecule has 2 aliphatic heterocycles. The number of urea groups is 1. The van der Waals surface area contributed by atoms with Gasteiger partial charge in [-0.1, -0.05) is 12.1 Å². The highest BCUT2D eigenvalue weighted by Crippen LogP contribution is 2.26. The summed E-state index contributed by atoms with van der Waals surface area (Å²) in [6, 6.07) is 7.99. The average Bonchev–Trinajstić information content (AvgIpc) is 3.15. The third kappa shape index (κ3) is 5.15. The number of carbonyl (C=O) groups excluding carboxylic acids is 2. The quantitative estimate of drug-likeness (QED) is 0.857. The van der Waals surface area contributed by atoms with Crippen LogP contribution < -0.4 is 15.5 Å². The van der Waals surface area contributed by atoms with Crippen LogP contribution in [0.4, 0.5) is 10.5 Å². The minimum atomic E-state index is -0.236. The fourth-order valence-corrected chi connectivity index (χ4v) is 3.85. The second-order valence-electron chi connectivity index (χ2n) is 8.63. The summed E-state index contributed by atoms with van der Waals surface area (Å²) in [7, 11) is 0. The van der Waals surface area contributed by atoms with Crippen LogP contribution in [0.5, 0.6) is 0 Å². The molecule has 0 atom stereocenters. The minimum Gasteiger partial charge on any atom is -0.371 e. The minimum absolute atomic E-state index is 0.106. The number of para-hydroxylation sites is 1. The lowest BCUT2D eigenvalue weighted by Crippen LogP contribution is -2.52. The number of nitrogens with zero attached hydrogens (tertiary/aromatic N) is 2. The maximum atomic E-state index is 12.9. The zero-order valence-electron chi connectivity index (χ0n) is 16.8. The van der Waals surface area contributed by atoms with E-state index in [4.69, 9.17) is 0 Å². The Bertz CT molecular complexity index is 669. The van der Waals surface area contributed by atoms with E-state index < -0.39 is 0 Å². The molecule has 148 valence electrons. The van der Waals surface area contributed by atoms with Crippen LogP contribution in [-0.4, -0.2) is 54.6 Å². The molecule has 0 spiro atoms. The Morgan fingerprint density at radius 3 is 2.26 bits per heavy atom. The van der Waals surface area contributed by atoms with Crippen molar-refractivity contribution >= 4 is 17.6 Å². The van der Waals surface area contributed by atoms with Gasteiger partial charge < -0.3 is 20.4 Å². The molecular formula is C21H32N4O2. The number of piperidine rings is 1. The fraction of sp³-hybridized carbons (Fsp3) is 0.619. The van der Waals surface area contributed by atoms with Gasteiger partial charge >= 0.3 is 6.03 Å². The molecule has 0 aliphatic carbocycles. The lowest BCUT2D eigenvalue weighted by Gasteiger charge is -2.35. The van der Waals surface area contributed by atoms with Crippen molar-refractivity contribution < 1.29 is 9.59 Å². The summed E-state index contributed by atoms with van der Waals surface area (Å²) in [6.07, 6.45) is 3.96. The number of carbonyl (C=O) groups is 2. The van der Waals surface area contributed by atoms with Crippen LogP contribution in [-0.2, 0) is 0 Å². The fourth-order valence-electron chi connectivity index (χ4n) is 3.85. The number of rotatable bonds is 3. The van der Waals surface area contributed by atoms with E-state index in [2.05, 4.69) is 15.5 Å². The van der Waals surface area contributed by atoms with Gasteiger partial charge in [-0.3, -0.25) is 4.79 Å². The molecule has 27 heavy (non-hydrogen) atoms. The number of anilines is 1. The molecule has 1 aromatic carbocycles. The summed E-state index contributed by atoms with van der Waals surface area (Å²) >= 11 is 0. The Morgan fingerprint density at radius 1 is 1.00 bits per heavy atom. The molecule has 1 aromatic rings. The van der Waals surface area contributed by atoms with E-state index in [1.165, 1.54) is 0 Å². The van der Waals surface area contributed by atoms with E-state index in [0.29, 0.717) is 0 Å². The van der Waals surface area contributed by atoms with Gasteiger partial charge in [-0.25, -0.2) is 4.79 Å². The zero-order chi connectivity index (χ0) is 19.4. The van der Waals surface area contributed by atoms with Gasteiger partial charge in [0.25, 0.3) is 5.91 Å². The van der Waals surface area contributed by atoms with Gasteiger partial charge in [0.05, 0.1) is 5.56 Å². The standard InChI is InChI=1S/C21H32N4O2/c1-21(2,3)23-20(27)22-16-10-14-24(15-11-16)18-9-5-4-8-17(18)19(26)25-12-6-7-13-25/h4-5,8-9,16H,6-7,10-15H2,1-3H3,(H2,22,23,27). The van der Waals surface area contributed by atoms with E-state index in [1.807, 2.05) is 49.9 Å². The number of nitrogens with one attached hydrogen (secondary N) is 2. The summed E-state index contributed by atoms with van der Waals surface area (Å²) in [5.74, 6) is 0.146. The zero-order valence-corrected chi connectivity index (χ0v) is 16.8. The lowest BCUT2D eigenvalue weighted by atomic mass is 10.0. The van der Waals surface area contributed by atoms with E-state index >= 15 is 0 Å². The van der Waals surface area contributed by atoms with Crippen molar-refractivity contribution in [3.8, 4) is 0 Å². The first-order chi connectivity index (χ1) is 12.8. The third-order valence-corrected chi connectivity index (χ3v) is 5.19. The highest BCUT2D eigenvalue weighted by atomic mass is 16.2. The Balaban J connectivity index is 1.60. The van der Waals surface area contributed by atoms with Crippen molar-refractivity contribution in [3.63, 3.8) is 0 Å². The molecule has 3 rings (SSSR count). The van der Waals surface area contributed by atoms with E-state index in [0.717, 1.165) is 63.1 Å². The first kappa shape index (κ1) is 19.5. The molecule has 2 N–H and O–H groups in total.